The molecule has 0 saturated carbocycles. The van der Waals surface area contributed by atoms with Crippen LogP contribution in [0.25, 0.3) is 0 Å². The van der Waals surface area contributed by atoms with Crippen LogP contribution in [-0.2, 0) is 4.52 Å². The van der Waals surface area contributed by atoms with Crippen molar-refractivity contribution in [2.75, 3.05) is 0 Å². The molecule has 0 spiro atoms. The fourth-order valence-electron chi connectivity index (χ4n) is 4.12. The molecule has 0 N–H and O–H groups in total. The molecule has 2 atom stereocenters. The van der Waals surface area contributed by atoms with Gasteiger partial charge in [-0.2, -0.15) is 0 Å². The van der Waals surface area contributed by atoms with Crippen LogP contribution in [0.1, 0.15) is 86.5 Å². The Labute approximate surface area is 247 Å². The maximum atomic E-state index is 13.5. The van der Waals surface area contributed by atoms with E-state index in [1.165, 1.54) is 5.57 Å². The Morgan fingerprint density at radius 2 is 1.51 bits per heavy atom. The van der Waals surface area contributed by atoms with Gasteiger partial charge in [-0.15, -0.1) is 0 Å². The molecule has 3 aromatic rings. The molecule has 0 aromatic heterocycles. The monoisotopic (exact) mass is 570 g/mol. The van der Waals surface area contributed by atoms with Crippen molar-refractivity contribution in [3.63, 3.8) is 0 Å². The van der Waals surface area contributed by atoms with Gasteiger partial charge in [0.05, 0.1) is 11.8 Å². The highest BCUT2D eigenvalue weighted by Crippen LogP contribution is 2.45. The van der Waals surface area contributed by atoms with Crippen LogP contribution in [0.15, 0.2) is 102 Å². The first-order chi connectivity index (χ1) is 19.6. The van der Waals surface area contributed by atoms with Gasteiger partial charge in [0.15, 0.2) is 5.78 Å². The maximum absolute atomic E-state index is 13.5. The molecule has 0 aliphatic rings. The molecule has 41 heavy (non-hydrogen) atoms. The summed E-state index contributed by atoms with van der Waals surface area (Å²) in [6, 6.07) is 21.0. The summed E-state index contributed by atoms with van der Waals surface area (Å²) in [6.45, 7) is 16.8. The molecule has 0 aliphatic heterocycles. The van der Waals surface area contributed by atoms with E-state index in [9.17, 15) is 4.79 Å². The first-order valence-electron chi connectivity index (χ1n) is 14.2. The van der Waals surface area contributed by atoms with Gasteiger partial charge >= 0.3 is 8.60 Å². The average Bonchev–Trinajstić information content (AvgIpc) is 2.95. The number of benzene rings is 3. The van der Waals surface area contributed by atoms with Crippen molar-refractivity contribution >= 4 is 14.4 Å². The lowest BCUT2D eigenvalue weighted by Gasteiger charge is -2.20. The highest BCUT2D eigenvalue weighted by atomic mass is 31.2. The summed E-state index contributed by atoms with van der Waals surface area (Å²) in [5.41, 5.74) is 6.52. The molecule has 0 heterocycles. The van der Waals surface area contributed by atoms with E-state index in [1.807, 2.05) is 69.3 Å². The predicted molar refractivity (Wildman–Crippen MR) is 172 cm³/mol. The Morgan fingerprint density at radius 3 is 2.20 bits per heavy atom. The molecule has 0 fully saturated rings. The largest absolute Gasteiger partial charge is 0.529 e. The van der Waals surface area contributed by atoms with Crippen molar-refractivity contribution < 1.29 is 18.4 Å². The van der Waals surface area contributed by atoms with Crippen molar-refractivity contribution in [1.82, 2.24) is 0 Å². The second kappa shape index (κ2) is 15.4. The van der Waals surface area contributed by atoms with Crippen molar-refractivity contribution in [1.29, 1.82) is 0 Å². The molecule has 0 radical (unpaired) electrons. The number of rotatable bonds is 13. The van der Waals surface area contributed by atoms with E-state index >= 15 is 0 Å². The first kappa shape index (κ1) is 31.9. The van der Waals surface area contributed by atoms with Crippen molar-refractivity contribution in [3.05, 3.63) is 130 Å². The number of hydrogen-bond donors (Lipinski definition) is 0. The fraction of sp³-hybridized carbons (Fsp3) is 0.306. The van der Waals surface area contributed by atoms with Gasteiger partial charge in [0.2, 0.25) is 0 Å². The standard InChI is InChI=1S/C36H43O4P/c1-9-28(6)29(7)20-18-26(4)22-23-38-41(40-35-24-27(5)19-21-31(35)25(2)3)39-34-17-13-12-16-33(34)36(37)32-15-11-10-14-30(32)8/h10-25,28H,9H2,1-8H3/b23-22+,26-18-,29-20?. The van der Waals surface area contributed by atoms with E-state index in [0.29, 0.717) is 28.5 Å². The van der Waals surface area contributed by atoms with Crippen molar-refractivity contribution in [2.24, 2.45) is 5.92 Å². The van der Waals surface area contributed by atoms with Crippen LogP contribution in [-0.4, -0.2) is 5.78 Å². The summed E-state index contributed by atoms with van der Waals surface area (Å²) in [6.07, 6.45) is 8.85. The zero-order chi connectivity index (χ0) is 29.9. The number of hydrogen-bond acceptors (Lipinski definition) is 4. The first-order valence-corrected chi connectivity index (χ1v) is 15.3. The van der Waals surface area contributed by atoms with E-state index in [1.54, 1.807) is 18.4 Å². The summed E-state index contributed by atoms with van der Waals surface area (Å²) in [5.74, 6) is 1.81. The van der Waals surface area contributed by atoms with Gasteiger partial charge in [-0.3, -0.25) is 4.79 Å². The number of carbonyl (C=O) groups excluding carboxylic acids is 1. The van der Waals surface area contributed by atoms with E-state index in [-0.39, 0.29) is 11.7 Å². The van der Waals surface area contributed by atoms with E-state index in [0.717, 1.165) is 28.7 Å². The average molecular weight is 571 g/mol. The summed E-state index contributed by atoms with van der Waals surface area (Å²) in [7, 11) is -1.93. The number of allylic oxidation sites excluding steroid dienone is 5. The minimum Gasteiger partial charge on any atom is -0.416 e. The van der Waals surface area contributed by atoms with Gasteiger partial charge in [-0.05, 0) is 92.5 Å². The molecule has 2 unspecified atom stereocenters. The highest BCUT2D eigenvalue weighted by Gasteiger charge is 2.24. The second-order valence-corrected chi connectivity index (χ2v) is 11.8. The molecule has 0 saturated heterocycles. The molecule has 0 amide bonds. The molecule has 3 rings (SSSR count). The van der Waals surface area contributed by atoms with E-state index in [2.05, 4.69) is 58.9 Å². The normalized spacial score (nSPS) is 13.8. The zero-order valence-corrected chi connectivity index (χ0v) is 26.5. The van der Waals surface area contributed by atoms with Crippen LogP contribution in [0, 0.1) is 19.8 Å². The summed E-state index contributed by atoms with van der Waals surface area (Å²) in [5, 5.41) is 0. The lowest BCUT2D eigenvalue weighted by molar-refractivity contribution is 0.103. The van der Waals surface area contributed by atoms with Crippen molar-refractivity contribution in [2.45, 2.75) is 67.7 Å². The van der Waals surface area contributed by atoms with Gasteiger partial charge in [-0.1, -0.05) is 94.0 Å². The van der Waals surface area contributed by atoms with Crippen LogP contribution in [0.4, 0.5) is 0 Å². The predicted octanol–water partition coefficient (Wildman–Crippen LogP) is 10.8. The molecular weight excluding hydrogens is 527 g/mol. The van der Waals surface area contributed by atoms with Gasteiger partial charge in [0, 0.05) is 5.56 Å². The number of ketones is 1. The van der Waals surface area contributed by atoms with Gasteiger partial charge in [0.1, 0.15) is 11.5 Å². The molecular formula is C36H43O4P. The topological polar surface area (TPSA) is 44.8 Å². The van der Waals surface area contributed by atoms with Crippen molar-refractivity contribution in [3.8, 4) is 11.5 Å². The molecule has 0 aliphatic carbocycles. The third kappa shape index (κ3) is 9.20. The second-order valence-electron chi connectivity index (χ2n) is 10.8. The molecule has 0 bridgehead atoms. The fourth-order valence-corrected chi connectivity index (χ4v) is 5.04. The number of para-hydroxylation sites is 1. The Hall–Kier alpha value is -3.62. The molecule has 5 heteroatoms. The van der Waals surface area contributed by atoms with Crippen LogP contribution in [0.3, 0.4) is 0 Å². The highest BCUT2D eigenvalue weighted by molar-refractivity contribution is 7.42. The SMILES string of the molecule is CCC(C)C(C)=C/C=C(C)\C=C\OP(Oc1ccccc1C(=O)c1ccccc1C)Oc1cc(C)ccc1C(C)C. The number of carbonyl (C=O) groups is 1. The van der Waals surface area contributed by atoms with Crippen LogP contribution < -0.4 is 9.05 Å². The van der Waals surface area contributed by atoms with Gasteiger partial charge < -0.3 is 13.6 Å². The van der Waals surface area contributed by atoms with E-state index in [4.69, 9.17) is 13.6 Å². The lowest BCUT2D eigenvalue weighted by atomic mass is 9.99. The molecule has 3 aromatic carbocycles. The minimum absolute atomic E-state index is 0.107. The summed E-state index contributed by atoms with van der Waals surface area (Å²) in [4.78, 5) is 13.5. The zero-order valence-electron chi connectivity index (χ0n) is 25.6. The Bertz CT molecular complexity index is 1420. The van der Waals surface area contributed by atoms with E-state index < -0.39 is 8.60 Å². The smallest absolute Gasteiger partial charge is 0.416 e. The van der Waals surface area contributed by atoms with Crippen LogP contribution in [0.5, 0.6) is 11.5 Å². The molecule has 4 nitrogen and oxygen atoms in total. The third-order valence-corrected chi connectivity index (χ3v) is 8.12. The third-order valence-electron chi connectivity index (χ3n) is 7.13. The summed E-state index contributed by atoms with van der Waals surface area (Å²) >= 11 is 0. The number of aryl methyl sites for hydroxylation is 2. The minimum atomic E-state index is -1.93. The van der Waals surface area contributed by atoms with Gasteiger partial charge in [-0.25, -0.2) is 0 Å². The molecule has 216 valence electrons. The van der Waals surface area contributed by atoms with Crippen LogP contribution >= 0.6 is 8.60 Å². The van der Waals surface area contributed by atoms with Crippen LogP contribution in [0.2, 0.25) is 0 Å². The Balaban J connectivity index is 1.93. The maximum Gasteiger partial charge on any atom is 0.529 e. The van der Waals surface area contributed by atoms with Gasteiger partial charge in [0.25, 0.3) is 0 Å². The Kier molecular flexibility index (Phi) is 12.0. The Morgan fingerprint density at radius 1 is 0.854 bits per heavy atom. The quantitative estimate of drug-likeness (QED) is 0.0887. The summed E-state index contributed by atoms with van der Waals surface area (Å²) < 4.78 is 18.9. The lowest BCUT2D eigenvalue weighted by Crippen LogP contribution is -2.07.